The maximum Gasteiger partial charge on any atom is 0.0589 e. The van der Waals surface area contributed by atoms with Crippen molar-refractivity contribution in [3.05, 3.63) is 0 Å². The minimum absolute atomic E-state index is 0.347. The molecular formula is C11H24N2O. The quantitative estimate of drug-likeness (QED) is 0.715. The molecule has 0 aromatic carbocycles. The molecule has 0 aromatic rings. The number of nitrogens with zero attached hydrogens (tertiary/aromatic N) is 1. The number of hydrogen-bond donors (Lipinski definition) is 1. The van der Waals surface area contributed by atoms with Crippen LogP contribution >= 0.6 is 0 Å². The fraction of sp³-hybridized carbons (Fsp3) is 1.00. The fourth-order valence-electron chi connectivity index (χ4n) is 2.48. The second-order valence-electron chi connectivity index (χ2n) is 4.88. The molecule has 0 amide bonds. The lowest BCUT2D eigenvalue weighted by Crippen LogP contribution is -2.40. The molecule has 1 heterocycles. The summed E-state index contributed by atoms with van der Waals surface area (Å²) in [5, 5.41) is 3.27. The maximum absolute atomic E-state index is 5.14. The van der Waals surface area contributed by atoms with Gasteiger partial charge in [-0.25, -0.2) is 0 Å². The predicted octanol–water partition coefficient (Wildman–Crippen LogP) is 0.953. The summed E-state index contributed by atoms with van der Waals surface area (Å²) < 4.78 is 5.14. The van der Waals surface area contributed by atoms with Crippen molar-refractivity contribution < 1.29 is 4.74 Å². The predicted molar refractivity (Wildman–Crippen MR) is 59.6 cm³/mol. The highest BCUT2D eigenvalue weighted by molar-refractivity contribution is 4.93. The van der Waals surface area contributed by atoms with Crippen LogP contribution in [-0.2, 0) is 4.74 Å². The second-order valence-corrected chi connectivity index (χ2v) is 4.88. The van der Waals surface area contributed by atoms with Gasteiger partial charge in [0.05, 0.1) is 6.61 Å². The van der Waals surface area contributed by atoms with Crippen molar-refractivity contribution in [1.29, 1.82) is 0 Å². The summed E-state index contributed by atoms with van der Waals surface area (Å²) in [4.78, 5) is 2.54. The third-order valence-corrected chi connectivity index (χ3v) is 3.18. The maximum atomic E-state index is 5.14. The summed E-state index contributed by atoms with van der Waals surface area (Å²) in [5.41, 5.74) is 0.347. The van der Waals surface area contributed by atoms with Gasteiger partial charge in [0, 0.05) is 25.7 Å². The summed E-state index contributed by atoms with van der Waals surface area (Å²) in [6, 6.07) is 0. The van der Waals surface area contributed by atoms with Gasteiger partial charge in [0.15, 0.2) is 0 Å². The van der Waals surface area contributed by atoms with Gasteiger partial charge in [0.2, 0.25) is 0 Å². The SMILES string of the molecule is CNCC1CN(CCOC)C(C)(C)C1. The van der Waals surface area contributed by atoms with Crippen molar-refractivity contribution in [2.75, 3.05) is 40.4 Å². The van der Waals surface area contributed by atoms with E-state index in [1.54, 1.807) is 7.11 Å². The smallest absolute Gasteiger partial charge is 0.0589 e. The monoisotopic (exact) mass is 200 g/mol. The van der Waals surface area contributed by atoms with Crippen LogP contribution in [0.15, 0.2) is 0 Å². The third kappa shape index (κ3) is 2.94. The standard InChI is InChI=1S/C11H24N2O/c1-11(2)7-10(8-12-3)9-13(11)5-6-14-4/h10,12H,5-9H2,1-4H3. The molecule has 1 aliphatic heterocycles. The molecular weight excluding hydrogens is 176 g/mol. The highest BCUT2D eigenvalue weighted by Crippen LogP contribution is 2.31. The number of nitrogens with one attached hydrogen (secondary N) is 1. The zero-order chi connectivity index (χ0) is 10.6. The first-order valence-electron chi connectivity index (χ1n) is 5.48. The average Bonchev–Trinajstić information content (AvgIpc) is 2.38. The van der Waals surface area contributed by atoms with E-state index in [1.807, 2.05) is 7.05 Å². The molecule has 0 aromatic heterocycles. The Hall–Kier alpha value is -0.120. The Kier molecular flexibility index (Phi) is 4.35. The van der Waals surface area contributed by atoms with Crippen LogP contribution in [0.2, 0.25) is 0 Å². The molecule has 84 valence electrons. The molecule has 0 radical (unpaired) electrons. The summed E-state index contributed by atoms with van der Waals surface area (Å²) in [7, 11) is 3.80. The van der Waals surface area contributed by atoms with Crippen molar-refractivity contribution in [3.8, 4) is 0 Å². The molecule has 1 atom stereocenters. The molecule has 0 aliphatic carbocycles. The van der Waals surface area contributed by atoms with Crippen LogP contribution < -0.4 is 5.32 Å². The first-order chi connectivity index (χ1) is 6.60. The van der Waals surface area contributed by atoms with Crippen LogP contribution in [0.3, 0.4) is 0 Å². The Labute approximate surface area is 87.8 Å². The van der Waals surface area contributed by atoms with Gasteiger partial charge in [0.1, 0.15) is 0 Å². The van der Waals surface area contributed by atoms with E-state index in [2.05, 4.69) is 24.1 Å². The average molecular weight is 200 g/mol. The number of rotatable bonds is 5. The summed E-state index contributed by atoms with van der Waals surface area (Å²) >= 11 is 0. The molecule has 0 bridgehead atoms. The summed E-state index contributed by atoms with van der Waals surface area (Å²) in [5.74, 6) is 0.798. The van der Waals surface area contributed by atoms with Crippen molar-refractivity contribution >= 4 is 0 Å². The lowest BCUT2D eigenvalue weighted by molar-refractivity contribution is 0.109. The lowest BCUT2D eigenvalue weighted by Gasteiger charge is -2.30. The van der Waals surface area contributed by atoms with Crippen molar-refractivity contribution in [3.63, 3.8) is 0 Å². The van der Waals surface area contributed by atoms with E-state index in [9.17, 15) is 0 Å². The van der Waals surface area contributed by atoms with Gasteiger partial charge in [-0.05, 0) is 39.8 Å². The topological polar surface area (TPSA) is 24.5 Å². The van der Waals surface area contributed by atoms with E-state index in [-0.39, 0.29) is 0 Å². The molecule has 3 heteroatoms. The van der Waals surface area contributed by atoms with Gasteiger partial charge < -0.3 is 10.1 Å². The molecule has 14 heavy (non-hydrogen) atoms. The Morgan fingerprint density at radius 1 is 1.50 bits per heavy atom. The molecule has 0 saturated carbocycles. The van der Waals surface area contributed by atoms with E-state index in [0.717, 1.165) is 25.6 Å². The zero-order valence-electron chi connectivity index (χ0n) is 9.97. The van der Waals surface area contributed by atoms with Crippen molar-refractivity contribution in [1.82, 2.24) is 10.2 Å². The molecule has 1 unspecified atom stereocenters. The van der Waals surface area contributed by atoms with Crippen LogP contribution in [0.1, 0.15) is 20.3 Å². The molecule has 1 aliphatic rings. The van der Waals surface area contributed by atoms with E-state index >= 15 is 0 Å². The highest BCUT2D eigenvalue weighted by Gasteiger charge is 2.37. The minimum atomic E-state index is 0.347. The Morgan fingerprint density at radius 2 is 2.21 bits per heavy atom. The van der Waals surface area contributed by atoms with Crippen molar-refractivity contribution in [2.24, 2.45) is 5.92 Å². The number of methoxy groups -OCH3 is 1. The molecule has 3 nitrogen and oxygen atoms in total. The first-order valence-corrected chi connectivity index (χ1v) is 5.48. The van der Waals surface area contributed by atoms with Gasteiger partial charge >= 0.3 is 0 Å². The minimum Gasteiger partial charge on any atom is -0.383 e. The Balaban J connectivity index is 2.42. The third-order valence-electron chi connectivity index (χ3n) is 3.18. The largest absolute Gasteiger partial charge is 0.383 e. The zero-order valence-corrected chi connectivity index (χ0v) is 9.97. The normalized spacial score (nSPS) is 27.0. The van der Waals surface area contributed by atoms with Gasteiger partial charge in [-0.1, -0.05) is 0 Å². The van der Waals surface area contributed by atoms with Gasteiger partial charge in [-0.3, -0.25) is 4.90 Å². The van der Waals surface area contributed by atoms with Crippen LogP contribution in [0.5, 0.6) is 0 Å². The summed E-state index contributed by atoms with van der Waals surface area (Å²) in [6.07, 6.45) is 1.29. The molecule has 1 saturated heterocycles. The highest BCUT2D eigenvalue weighted by atomic mass is 16.5. The van der Waals surface area contributed by atoms with E-state index in [4.69, 9.17) is 4.74 Å². The van der Waals surface area contributed by atoms with Gasteiger partial charge in [-0.15, -0.1) is 0 Å². The van der Waals surface area contributed by atoms with E-state index in [0.29, 0.717) is 5.54 Å². The van der Waals surface area contributed by atoms with Gasteiger partial charge in [0.25, 0.3) is 0 Å². The molecule has 1 rings (SSSR count). The fourth-order valence-corrected chi connectivity index (χ4v) is 2.48. The van der Waals surface area contributed by atoms with Crippen LogP contribution in [0, 0.1) is 5.92 Å². The Bertz CT molecular complexity index is 171. The van der Waals surface area contributed by atoms with Crippen LogP contribution in [-0.4, -0.2) is 50.8 Å². The summed E-state index contributed by atoms with van der Waals surface area (Å²) in [6.45, 7) is 8.90. The second kappa shape index (κ2) is 5.10. The lowest BCUT2D eigenvalue weighted by atomic mass is 9.96. The first kappa shape index (κ1) is 12.0. The van der Waals surface area contributed by atoms with E-state index in [1.165, 1.54) is 13.0 Å². The molecule has 1 N–H and O–H groups in total. The van der Waals surface area contributed by atoms with E-state index < -0.39 is 0 Å². The number of ether oxygens (including phenoxy) is 1. The number of hydrogen-bond acceptors (Lipinski definition) is 3. The van der Waals surface area contributed by atoms with Crippen molar-refractivity contribution in [2.45, 2.75) is 25.8 Å². The van der Waals surface area contributed by atoms with Crippen LogP contribution in [0.25, 0.3) is 0 Å². The van der Waals surface area contributed by atoms with Gasteiger partial charge in [-0.2, -0.15) is 0 Å². The Morgan fingerprint density at radius 3 is 2.79 bits per heavy atom. The number of likely N-dealkylation sites (tertiary alicyclic amines) is 1. The molecule has 1 fully saturated rings. The molecule has 0 spiro atoms. The van der Waals surface area contributed by atoms with Crippen LogP contribution in [0.4, 0.5) is 0 Å².